The summed E-state index contributed by atoms with van der Waals surface area (Å²) in [5.74, 6) is -2.24. The molecule has 0 saturated heterocycles. The molecule has 2 N–H and O–H groups in total. The quantitative estimate of drug-likeness (QED) is 0.0708. The van der Waals surface area contributed by atoms with Crippen molar-refractivity contribution in [2.45, 2.75) is 87.9 Å². The van der Waals surface area contributed by atoms with Gasteiger partial charge >= 0.3 is 23.9 Å². The van der Waals surface area contributed by atoms with E-state index >= 15 is 0 Å². The number of carbonyl (C=O) groups excluding carboxylic acids is 2. The maximum Gasteiger partial charge on any atom is 0.330 e. The molecule has 0 saturated carbocycles. The van der Waals surface area contributed by atoms with Crippen LogP contribution in [0.5, 0.6) is 0 Å². The van der Waals surface area contributed by atoms with Crippen LogP contribution in [0.15, 0.2) is 121 Å². The molecule has 8 rings (SSSR count). The van der Waals surface area contributed by atoms with Crippen LogP contribution < -0.4 is 0 Å². The van der Waals surface area contributed by atoms with Gasteiger partial charge in [-0.25, -0.2) is 4.79 Å². The second-order valence-corrected chi connectivity index (χ2v) is 18.2. The Morgan fingerprint density at radius 1 is 0.516 bits per heavy atom. The molecule has 8 aromatic carbocycles. The molecule has 0 heterocycles. The number of carbonyl (C=O) groups is 4. The molecule has 0 radical (unpaired) electrons. The van der Waals surface area contributed by atoms with Crippen molar-refractivity contribution in [3.8, 4) is 0 Å². The molecule has 320 valence electrons. The lowest BCUT2D eigenvalue weighted by Gasteiger charge is -2.27. The van der Waals surface area contributed by atoms with Gasteiger partial charge in [-0.05, 0) is 156 Å². The fourth-order valence-corrected chi connectivity index (χ4v) is 7.57. The molecular formula is C54H56O8. The largest absolute Gasteiger partial charge is 0.481 e. The lowest BCUT2D eigenvalue weighted by molar-refractivity contribution is -0.157. The van der Waals surface area contributed by atoms with Gasteiger partial charge in [0.15, 0.2) is 0 Å². The Hall–Kier alpha value is -6.54. The standard InChI is InChI=1S/C27H28O4.C23H22O2.C4H6O2/c1-26(2,24(28)29)13-14-27(3,4)25(30)31-16-20-15-19-9-5-7-17-11-12-18-8-6-10-21(20)23(18)22(17)19;1-4-23(2,3)22(24)25-14-18-13-17-9-5-7-15-11-12-16-8-6-10-19(18)21(16)20(15)17;1-3(2)4(5)6/h5-12,15H,13-14,16H2,1-4H3,(H,28,29);5-13H,4,14H2,1-3H3;1H2,2H3,(H,5,6). The monoisotopic (exact) mass is 832 g/mol. The molecule has 8 nitrogen and oxygen atoms in total. The number of hydrogen-bond donors (Lipinski definition) is 2. The van der Waals surface area contributed by atoms with E-state index in [1.165, 1.54) is 60.8 Å². The topological polar surface area (TPSA) is 127 Å². The third kappa shape index (κ3) is 9.35. The van der Waals surface area contributed by atoms with Crippen LogP contribution in [0.4, 0.5) is 0 Å². The van der Waals surface area contributed by atoms with Crippen LogP contribution >= 0.6 is 0 Å². The summed E-state index contributed by atoms with van der Waals surface area (Å²) in [6.45, 7) is 18.0. The molecular weight excluding hydrogens is 777 g/mol. The van der Waals surface area contributed by atoms with Gasteiger partial charge in [0.05, 0.1) is 16.2 Å². The maximum atomic E-state index is 12.9. The molecule has 62 heavy (non-hydrogen) atoms. The normalized spacial score (nSPS) is 12.0. The average Bonchev–Trinajstić information content (AvgIpc) is 3.25. The van der Waals surface area contributed by atoms with Crippen molar-refractivity contribution in [2.75, 3.05) is 0 Å². The summed E-state index contributed by atoms with van der Waals surface area (Å²) in [6.07, 6.45) is 1.62. The third-order valence-corrected chi connectivity index (χ3v) is 12.2. The zero-order chi connectivity index (χ0) is 45.1. The minimum atomic E-state index is -0.935. The van der Waals surface area contributed by atoms with Crippen molar-refractivity contribution in [2.24, 2.45) is 16.2 Å². The van der Waals surface area contributed by atoms with E-state index in [-0.39, 0.29) is 24.1 Å². The first-order valence-electron chi connectivity index (χ1n) is 21.0. The van der Waals surface area contributed by atoms with Crippen LogP contribution in [0.3, 0.4) is 0 Å². The fraction of sp³-hybridized carbons (Fsp3) is 0.296. The van der Waals surface area contributed by atoms with Crippen molar-refractivity contribution < 1.29 is 38.9 Å². The number of rotatable bonds is 12. The number of ether oxygens (including phenoxy) is 2. The Labute approximate surface area is 362 Å². The number of esters is 2. The predicted octanol–water partition coefficient (Wildman–Crippen LogP) is 13.3. The zero-order valence-electron chi connectivity index (χ0n) is 37.0. The van der Waals surface area contributed by atoms with E-state index < -0.39 is 28.2 Å². The molecule has 0 atom stereocenters. The smallest absolute Gasteiger partial charge is 0.330 e. The molecule has 0 bridgehead atoms. The highest BCUT2D eigenvalue weighted by Gasteiger charge is 2.35. The average molecular weight is 833 g/mol. The number of benzene rings is 8. The number of carboxylic acids is 2. The summed E-state index contributed by atoms with van der Waals surface area (Å²) < 4.78 is 11.4. The van der Waals surface area contributed by atoms with Gasteiger partial charge in [-0.2, -0.15) is 0 Å². The number of hydrogen-bond acceptors (Lipinski definition) is 6. The van der Waals surface area contributed by atoms with Gasteiger partial charge in [-0.1, -0.05) is 111 Å². The third-order valence-electron chi connectivity index (χ3n) is 12.2. The van der Waals surface area contributed by atoms with Crippen LogP contribution in [-0.2, 0) is 41.9 Å². The highest BCUT2D eigenvalue weighted by Crippen LogP contribution is 2.39. The lowest BCUT2D eigenvalue weighted by Crippen LogP contribution is -2.31. The van der Waals surface area contributed by atoms with E-state index in [9.17, 15) is 24.3 Å². The lowest BCUT2D eigenvalue weighted by atomic mass is 9.79. The van der Waals surface area contributed by atoms with Crippen LogP contribution in [0.25, 0.3) is 64.6 Å². The summed E-state index contributed by atoms with van der Waals surface area (Å²) in [4.78, 5) is 46.2. The Balaban J connectivity index is 0.000000186. The van der Waals surface area contributed by atoms with Crippen molar-refractivity contribution in [1.82, 2.24) is 0 Å². The highest BCUT2D eigenvalue weighted by atomic mass is 16.5. The molecule has 0 fully saturated rings. The van der Waals surface area contributed by atoms with Crippen LogP contribution in [-0.4, -0.2) is 34.1 Å². The van der Waals surface area contributed by atoms with E-state index in [1.54, 1.807) is 13.8 Å². The Morgan fingerprint density at radius 3 is 1.23 bits per heavy atom. The van der Waals surface area contributed by atoms with Crippen LogP contribution in [0.1, 0.15) is 85.8 Å². The van der Waals surface area contributed by atoms with Gasteiger partial charge in [0.1, 0.15) is 13.2 Å². The Morgan fingerprint density at radius 2 is 0.855 bits per heavy atom. The first-order chi connectivity index (χ1) is 29.3. The molecule has 8 heteroatoms. The van der Waals surface area contributed by atoms with Gasteiger partial charge in [-0.15, -0.1) is 0 Å². The summed E-state index contributed by atoms with van der Waals surface area (Å²) in [6, 6.07) is 38.1. The van der Waals surface area contributed by atoms with Crippen LogP contribution in [0.2, 0.25) is 0 Å². The molecule has 0 aliphatic rings. The summed E-state index contributed by atoms with van der Waals surface area (Å²) in [5.41, 5.74) is 0.144. The summed E-state index contributed by atoms with van der Waals surface area (Å²) >= 11 is 0. The van der Waals surface area contributed by atoms with E-state index in [2.05, 4.69) is 104 Å². The van der Waals surface area contributed by atoms with Crippen molar-refractivity contribution in [1.29, 1.82) is 0 Å². The highest BCUT2D eigenvalue weighted by molar-refractivity contribution is 6.24. The summed E-state index contributed by atoms with van der Waals surface area (Å²) in [5, 5.41) is 31.7. The molecule has 0 unspecified atom stereocenters. The minimum absolute atomic E-state index is 0.139. The first kappa shape index (κ1) is 45.0. The van der Waals surface area contributed by atoms with E-state index in [4.69, 9.17) is 14.6 Å². The minimum Gasteiger partial charge on any atom is -0.481 e. The molecule has 0 aromatic heterocycles. The molecule has 0 spiro atoms. The van der Waals surface area contributed by atoms with Crippen molar-refractivity contribution >= 4 is 88.5 Å². The summed E-state index contributed by atoms with van der Waals surface area (Å²) in [7, 11) is 0. The van der Waals surface area contributed by atoms with Gasteiger partial charge < -0.3 is 19.7 Å². The number of aliphatic carboxylic acids is 2. The Kier molecular flexibility index (Phi) is 12.9. The van der Waals surface area contributed by atoms with E-state index in [1.807, 2.05) is 46.8 Å². The predicted molar refractivity (Wildman–Crippen MR) is 251 cm³/mol. The van der Waals surface area contributed by atoms with E-state index in [0.717, 1.165) is 28.3 Å². The Bertz CT molecular complexity index is 2940. The second kappa shape index (κ2) is 17.8. The molecule has 0 aliphatic carbocycles. The second-order valence-electron chi connectivity index (χ2n) is 18.2. The van der Waals surface area contributed by atoms with Gasteiger partial charge in [0.2, 0.25) is 0 Å². The van der Waals surface area contributed by atoms with Crippen molar-refractivity contribution in [3.63, 3.8) is 0 Å². The molecule has 8 aromatic rings. The van der Waals surface area contributed by atoms with Gasteiger partial charge in [0, 0.05) is 5.57 Å². The maximum absolute atomic E-state index is 12.9. The first-order valence-corrected chi connectivity index (χ1v) is 21.0. The zero-order valence-corrected chi connectivity index (χ0v) is 37.0. The van der Waals surface area contributed by atoms with Crippen molar-refractivity contribution in [3.05, 3.63) is 132 Å². The number of carboxylic acid groups (broad SMARTS) is 2. The van der Waals surface area contributed by atoms with Gasteiger partial charge in [-0.3, -0.25) is 14.4 Å². The SMILES string of the molecule is C=C(C)C(=O)O.CC(C)(CCC(C)(C)C(=O)OCc1cc2cccc3ccc4cccc1c4c32)C(=O)O.CCC(C)(C)C(=O)OCc1cc2cccc3ccc4cccc1c4c32. The fourth-order valence-electron chi connectivity index (χ4n) is 7.57. The van der Waals surface area contributed by atoms with Crippen LogP contribution in [0, 0.1) is 16.2 Å². The molecule has 0 amide bonds. The van der Waals surface area contributed by atoms with Gasteiger partial charge in [0.25, 0.3) is 0 Å². The van der Waals surface area contributed by atoms with E-state index in [0.29, 0.717) is 19.4 Å². The molecule has 0 aliphatic heterocycles.